The van der Waals surface area contributed by atoms with E-state index < -0.39 is 10.1 Å². The lowest BCUT2D eigenvalue weighted by Gasteiger charge is -2.09. The Morgan fingerprint density at radius 1 is 1.20 bits per heavy atom. The van der Waals surface area contributed by atoms with Crippen molar-refractivity contribution in [2.45, 2.75) is 29.9 Å². The summed E-state index contributed by atoms with van der Waals surface area (Å²) in [5, 5.41) is 11.2. The number of rotatable bonds is 7. The topological polar surface area (TPSA) is 97.2 Å². The Bertz CT molecular complexity index is 1120. The molecule has 1 N–H and O–H groups in total. The van der Waals surface area contributed by atoms with Crippen molar-refractivity contribution < 1.29 is 17.4 Å². The Morgan fingerprint density at radius 3 is 2.70 bits per heavy atom. The van der Waals surface area contributed by atoms with Gasteiger partial charge in [-0.15, -0.1) is 5.10 Å². The molecular formula is C19H17Cl2N3O4S2. The third-order valence-corrected chi connectivity index (χ3v) is 7.08. The summed E-state index contributed by atoms with van der Waals surface area (Å²) in [7, 11) is -4.14. The Morgan fingerprint density at radius 2 is 1.97 bits per heavy atom. The second-order valence-electron chi connectivity index (χ2n) is 6.19. The van der Waals surface area contributed by atoms with Crippen molar-refractivity contribution >= 4 is 62.4 Å². The van der Waals surface area contributed by atoms with E-state index in [1.54, 1.807) is 18.2 Å². The van der Waals surface area contributed by atoms with Crippen LogP contribution >= 0.6 is 35.0 Å². The van der Waals surface area contributed by atoms with Gasteiger partial charge in [-0.05, 0) is 36.8 Å². The van der Waals surface area contributed by atoms with Gasteiger partial charge in [0.15, 0.2) is 10.9 Å². The molecule has 0 aromatic heterocycles. The molecule has 11 heteroatoms. The Labute approximate surface area is 188 Å². The summed E-state index contributed by atoms with van der Waals surface area (Å²) < 4.78 is 30.4. The van der Waals surface area contributed by atoms with Gasteiger partial charge >= 0.3 is 10.1 Å². The lowest BCUT2D eigenvalue weighted by molar-refractivity contribution is -0.118. The van der Waals surface area contributed by atoms with E-state index in [1.807, 2.05) is 6.92 Å². The Hall–Kier alpha value is -2.07. The van der Waals surface area contributed by atoms with Crippen LogP contribution < -0.4 is 9.50 Å². The van der Waals surface area contributed by atoms with Gasteiger partial charge in [-0.3, -0.25) is 4.79 Å². The van der Waals surface area contributed by atoms with Gasteiger partial charge in [0.1, 0.15) is 4.90 Å². The lowest BCUT2D eigenvalue weighted by Crippen LogP contribution is -2.24. The highest BCUT2D eigenvalue weighted by atomic mass is 35.5. The molecule has 1 amide bonds. The zero-order valence-electron chi connectivity index (χ0n) is 15.7. The molecule has 0 unspecified atom stereocenters. The van der Waals surface area contributed by atoms with Crippen molar-refractivity contribution in [3.05, 3.63) is 58.1 Å². The van der Waals surface area contributed by atoms with Gasteiger partial charge < -0.3 is 9.50 Å². The van der Waals surface area contributed by atoms with Crippen LogP contribution in [0.4, 0.5) is 0 Å². The molecule has 1 atom stereocenters. The zero-order valence-corrected chi connectivity index (χ0v) is 18.9. The van der Waals surface area contributed by atoms with Crippen LogP contribution in [0.2, 0.25) is 10.0 Å². The summed E-state index contributed by atoms with van der Waals surface area (Å²) in [6.45, 7) is 2.00. The van der Waals surface area contributed by atoms with Crippen molar-refractivity contribution in [1.29, 1.82) is 0 Å². The number of hydrogen-bond donors (Lipinski definition) is 1. The minimum Gasteiger partial charge on any atom is -0.378 e. The number of nitrogens with zero attached hydrogens (tertiary/aromatic N) is 2. The van der Waals surface area contributed by atoms with Crippen LogP contribution in [0.15, 0.2) is 57.6 Å². The van der Waals surface area contributed by atoms with Gasteiger partial charge in [0.25, 0.3) is 0 Å². The van der Waals surface area contributed by atoms with E-state index in [0.29, 0.717) is 10.7 Å². The lowest BCUT2D eigenvalue weighted by atomic mass is 10.2. The van der Waals surface area contributed by atoms with Gasteiger partial charge in [-0.25, -0.2) is 0 Å². The van der Waals surface area contributed by atoms with Gasteiger partial charge in [0.2, 0.25) is 5.91 Å². The highest BCUT2D eigenvalue weighted by Crippen LogP contribution is 2.28. The minimum atomic E-state index is -4.14. The fourth-order valence-corrected chi connectivity index (χ4v) is 4.90. The second kappa shape index (κ2) is 9.82. The van der Waals surface area contributed by atoms with Crippen molar-refractivity contribution in [2.24, 2.45) is 10.2 Å². The fraction of sp³-hybridized carbons (Fsp3) is 0.211. The van der Waals surface area contributed by atoms with Crippen molar-refractivity contribution in [2.75, 3.05) is 0 Å². The SMILES string of the molecule is CCC[C@@H]1SC(=NN=Cc2ccccc2OS(=O)(=O)c2ccc(Cl)c(Cl)c2)NC1=O. The van der Waals surface area contributed by atoms with E-state index in [-0.39, 0.29) is 31.8 Å². The molecular weight excluding hydrogens is 469 g/mol. The maximum atomic E-state index is 12.6. The highest BCUT2D eigenvalue weighted by molar-refractivity contribution is 8.15. The third-order valence-electron chi connectivity index (χ3n) is 3.97. The molecule has 0 spiro atoms. The Kier molecular flexibility index (Phi) is 7.41. The number of halogens is 2. The van der Waals surface area contributed by atoms with Gasteiger partial charge in [-0.2, -0.15) is 13.5 Å². The van der Waals surface area contributed by atoms with Crippen LogP contribution in [-0.4, -0.2) is 31.0 Å². The number of carbonyl (C=O) groups excluding carboxylic acids is 1. The van der Waals surface area contributed by atoms with Crippen molar-refractivity contribution in [3.63, 3.8) is 0 Å². The molecule has 1 aliphatic rings. The maximum absolute atomic E-state index is 12.6. The molecule has 30 heavy (non-hydrogen) atoms. The zero-order chi connectivity index (χ0) is 21.7. The van der Waals surface area contributed by atoms with Crippen molar-refractivity contribution in [1.82, 2.24) is 5.32 Å². The average Bonchev–Trinajstić information content (AvgIpc) is 3.04. The monoisotopic (exact) mass is 485 g/mol. The second-order valence-corrected chi connectivity index (χ2v) is 9.74. The van der Waals surface area contributed by atoms with Crippen molar-refractivity contribution in [3.8, 4) is 5.75 Å². The van der Waals surface area contributed by atoms with E-state index in [4.69, 9.17) is 27.4 Å². The summed E-state index contributed by atoms with van der Waals surface area (Å²) in [6.07, 6.45) is 2.99. The molecule has 0 saturated carbocycles. The smallest absolute Gasteiger partial charge is 0.339 e. The molecule has 1 heterocycles. The van der Waals surface area contributed by atoms with Gasteiger partial charge in [-0.1, -0.05) is 60.4 Å². The number of para-hydroxylation sites is 1. The standard InChI is InChI=1S/C19H17Cl2N3O4S2/c1-2-5-17-18(25)23-19(29-17)24-22-11-12-6-3-4-7-16(12)28-30(26,27)13-8-9-14(20)15(21)10-13/h3-4,6-11,17H,2,5H2,1H3,(H,23,24,25)/t17-/m0/s1. The van der Waals surface area contributed by atoms with Crippen LogP contribution in [0.25, 0.3) is 0 Å². The third kappa shape index (κ3) is 5.54. The predicted molar refractivity (Wildman–Crippen MR) is 120 cm³/mol. The molecule has 2 aromatic rings. The number of thioether (sulfide) groups is 1. The van der Waals surface area contributed by atoms with E-state index in [0.717, 1.165) is 12.8 Å². The van der Waals surface area contributed by atoms with Gasteiger partial charge in [0.05, 0.1) is 21.5 Å². The fourth-order valence-electron chi connectivity index (χ4n) is 2.51. The first-order valence-corrected chi connectivity index (χ1v) is 11.9. The molecule has 158 valence electrons. The summed E-state index contributed by atoms with van der Waals surface area (Å²) >= 11 is 13.1. The van der Waals surface area contributed by atoms with Crippen LogP contribution in [0, 0.1) is 0 Å². The number of amides is 1. The van der Waals surface area contributed by atoms with Crippen LogP contribution in [0.3, 0.4) is 0 Å². The molecule has 0 aliphatic carbocycles. The van der Waals surface area contributed by atoms with Crippen LogP contribution in [0.5, 0.6) is 5.75 Å². The molecule has 1 saturated heterocycles. The molecule has 3 rings (SSSR count). The summed E-state index contributed by atoms with van der Waals surface area (Å²) in [6, 6.07) is 10.4. The predicted octanol–water partition coefficient (Wildman–Crippen LogP) is 4.48. The number of amidine groups is 1. The molecule has 2 aromatic carbocycles. The molecule has 7 nitrogen and oxygen atoms in total. The molecule has 1 aliphatic heterocycles. The van der Waals surface area contributed by atoms with Crippen LogP contribution in [-0.2, 0) is 14.9 Å². The first-order valence-electron chi connectivity index (χ1n) is 8.87. The first-order chi connectivity index (χ1) is 14.3. The summed E-state index contributed by atoms with van der Waals surface area (Å²) in [5.74, 6) is -0.0215. The molecule has 1 fully saturated rings. The van der Waals surface area contributed by atoms with Crippen LogP contribution in [0.1, 0.15) is 25.3 Å². The molecule has 0 bridgehead atoms. The highest BCUT2D eigenvalue weighted by Gasteiger charge is 2.29. The van der Waals surface area contributed by atoms with E-state index in [9.17, 15) is 13.2 Å². The first kappa shape index (κ1) is 22.6. The number of nitrogens with one attached hydrogen (secondary N) is 1. The maximum Gasteiger partial charge on any atom is 0.339 e. The number of hydrogen-bond acceptors (Lipinski definition) is 7. The quantitative estimate of drug-likeness (QED) is 0.354. The van der Waals surface area contributed by atoms with Gasteiger partial charge in [0, 0.05) is 5.56 Å². The minimum absolute atomic E-state index is 0.0690. The average molecular weight is 486 g/mol. The van der Waals surface area contributed by atoms with E-state index in [2.05, 4.69) is 15.5 Å². The number of carbonyl (C=O) groups is 1. The Balaban J connectivity index is 1.78. The van der Waals surface area contributed by atoms with E-state index >= 15 is 0 Å². The summed E-state index contributed by atoms with van der Waals surface area (Å²) in [5.41, 5.74) is 0.393. The normalized spacial score (nSPS) is 18.2. The van der Waals surface area contributed by atoms with E-state index in [1.165, 1.54) is 42.2 Å². The molecule has 0 radical (unpaired) electrons. The largest absolute Gasteiger partial charge is 0.378 e. The number of benzene rings is 2. The summed E-state index contributed by atoms with van der Waals surface area (Å²) in [4.78, 5) is 11.7.